The third kappa shape index (κ3) is 5.19. The number of aliphatic hydroxyl groups is 2. The first-order valence-electron chi connectivity index (χ1n) is 8.10. The highest BCUT2D eigenvalue weighted by atomic mass is 16.3. The van der Waals surface area contributed by atoms with Crippen LogP contribution in [0.4, 0.5) is 0 Å². The van der Waals surface area contributed by atoms with Gasteiger partial charge in [0.25, 0.3) is 0 Å². The molecule has 0 bridgehead atoms. The second-order valence-corrected chi connectivity index (χ2v) is 7.02. The Kier molecular flexibility index (Phi) is 6.54. The summed E-state index contributed by atoms with van der Waals surface area (Å²) in [7, 11) is 0. The Morgan fingerprint density at radius 2 is 1.76 bits per heavy atom. The zero-order valence-corrected chi connectivity index (χ0v) is 13.8. The molecule has 2 N–H and O–H groups in total. The van der Waals surface area contributed by atoms with E-state index in [9.17, 15) is 19.8 Å². The van der Waals surface area contributed by atoms with Gasteiger partial charge in [0, 0.05) is 12.8 Å². The molecule has 2 saturated carbocycles. The molecule has 0 aromatic heterocycles. The molecular weight excluding hydrogens is 268 g/mol. The van der Waals surface area contributed by atoms with Gasteiger partial charge < -0.3 is 15.0 Å². The predicted octanol–water partition coefficient (Wildman–Crippen LogP) is 2.50. The molecule has 4 nitrogen and oxygen atoms in total. The van der Waals surface area contributed by atoms with Crippen molar-refractivity contribution in [3.8, 4) is 0 Å². The molecule has 4 atom stereocenters. The molecule has 0 amide bonds. The second kappa shape index (κ2) is 7.50. The summed E-state index contributed by atoms with van der Waals surface area (Å²) >= 11 is 0. The summed E-state index contributed by atoms with van der Waals surface area (Å²) in [6, 6.07) is 0. The second-order valence-electron chi connectivity index (χ2n) is 7.02. The third-order valence-corrected chi connectivity index (χ3v) is 4.61. The van der Waals surface area contributed by atoms with Gasteiger partial charge in [-0.15, -0.1) is 0 Å². The summed E-state index contributed by atoms with van der Waals surface area (Å²) < 4.78 is 0. The minimum Gasteiger partial charge on any atom is -0.390 e. The van der Waals surface area contributed by atoms with Crippen LogP contribution in [0.1, 0.15) is 66.2 Å². The summed E-state index contributed by atoms with van der Waals surface area (Å²) in [6.45, 7) is 6.92. The van der Waals surface area contributed by atoms with Crippen LogP contribution in [0, 0.1) is 17.8 Å². The number of carbonyl (C=O) groups excluding carboxylic acids is 2. The topological polar surface area (TPSA) is 74.6 Å². The first-order valence-corrected chi connectivity index (χ1v) is 8.10. The molecular formula is C17H30O4. The Morgan fingerprint density at radius 1 is 1.29 bits per heavy atom. The first kappa shape index (κ1) is 18.3. The normalized spacial score (nSPS) is 30.8. The lowest BCUT2D eigenvalue weighted by molar-refractivity contribution is -0.120. The Morgan fingerprint density at radius 3 is 2.19 bits per heavy atom. The molecule has 0 spiro atoms. The quantitative estimate of drug-likeness (QED) is 0.739. The predicted molar refractivity (Wildman–Crippen MR) is 81.8 cm³/mol. The van der Waals surface area contributed by atoms with E-state index in [-0.39, 0.29) is 11.7 Å². The third-order valence-electron chi connectivity index (χ3n) is 4.61. The summed E-state index contributed by atoms with van der Waals surface area (Å²) in [4.78, 5) is 20.6. The zero-order valence-electron chi connectivity index (χ0n) is 13.8. The fourth-order valence-electron chi connectivity index (χ4n) is 3.42. The molecule has 122 valence electrons. The molecule has 0 saturated heterocycles. The summed E-state index contributed by atoms with van der Waals surface area (Å²) in [5, 5.41) is 20.6. The lowest BCUT2D eigenvalue weighted by Crippen LogP contribution is -2.41. The van der Waals surface area contributed by atoms with E-state index < -0.39 is 11.7 Å². The number of unbranched alkanes of at least 4 members (excludes halogenated alkanes) is 2. The van der Waals surface area contributed by atoms with E-state index >= 15 is 0 Å². The molecule has 2 aliphatic rings. The minimum absolute atomic E-state index is 0.167. The van der Waals surface area contributed by atoms with E-state index in [2.05, 4.69) is 6.92 Å². The van der Waals surface area contributed by atoms with Gasteiger partial charge in [-0.1, -0.05) is 26.2 Å². The molecule has 0 radical (unpaired) electrons. The molecule has 4 unspecified atom stereocenters. The summed E-state index contributed by atoms with van der Waals surface area (Å²) in [5.74, 6) is 1.38. The summed E-state index contributed by atoms with van der Waals surface area (Å²) in [6.07, 6.45) is 4.43. The van der Waals surface area contributed by atoms with E-state index in [0.29, 0.717) is 36.9 Å². The van der Waals surface area contributed by atoms with Crippen molar-refractivity contribution in [3.63, 3.8) is 0 Å². The standard InChI is InChI=1S/C14H24O3.C3H6O/c1-3-4-5-6-14(2,17)13(16)12-10-7-9(15)8-11(10)12;1-3(2)4/h10-13,16-17H,3-8H2,1-2H3;1-2H3. The number of hydrogen-bond acceptors (Lipinski definition) is 4. The van der Waals surface area contributed by atoms with E-state index in [4.69, 9.17) is 0 Å². The van der Waals surface area contributed by atoms with Crippen molar-refractivity contribution >= 4 is 11.6 Å². The van der Waals surface area contributed by atoms with Gasteiger partial charge in [-0.25, -0.2) is 0 Å². The molecule has 2 rings (SSSR count). The molecule has 21 heavy (non-hydrogen) atoms. The van der Waals surface area contributed by atoms with Crippen molar-refractivity contribution in [3.05, 3.63) is 0 Å². The number of aliphatic hydroxyl groups excluding tert-OH is 1. The van der Waals surface area contributed by atoms with Crippen molar-refractivity contribution < 1.29 is 19.8 Å². The Bertz CT molecular complexity index is 357. The minimum atomic E-state index is -0.979. The van der Waals surface area contributed by atoms with E-state index in [0.717, 1.165) is 19.3 Å². The van der Waals surface area contributed by atoms with E-state index in [1.54, 1.807) is 6.92 Å². The van der Waals surface area contributed by atoms with Crippen LogP contribution in [0.5, 0.6) is 0 Å². The van der Waals surface area contributed by atoms with Crippen LogP contribution >= 0.6 is 0 Å². The van der Waals surface area contributed by atoms with E-state index in [1.165, 1.54) is 13.8 Å². The van der Waals surface area contributed by atoms with Gasteiger partial charge in [0.15, 0.2) is 0 Å². The van der Waals surface area contributed by atoms with Gasteiger partial charge in [0.2, 0.25) is 0 Å². The van der Waals surface area contributed by atoms with Crippen molar-refractivity contribution in [2.75, 3.05) is 0 Å². The fraction of sp³-hybridized carbons (Fsp3) is 0.882. The number of carbonyl (C=O) groups is 2. The molecule has 2 aliphatic carbocycles. The molecule has 2 fully saturated rings. The van der Waals surface area contributed by atoms with Gasteiger partial charge in [-0.2, -0.15) is 0 Å². The number of hydrogen-bond donors (Lipinski definition) is 2. The monoisotopic (exact) mass is 298 g/mol. The van der Waals surface area contributed by atoms with Crippen molar-refractivity contribution in [2.24, 2.45) is 17.8 Å². The molecule has 0 aromatic rings. The zero-order chi connectivity index (χ0) is 16.2. The maximum absolute atomic E-state index is 11.2. The number of rotatable bonds is 6. The first-order chi connectivity index (χ1) is 9.70. The highest BCUT2D eigenvalue weighted by molar-refractivity contribution is 5.83. The van der Waals surface area contributed by atoms with E-state index in [1.807, 2.05) is 0 Å². The maximum Gasteiger partial charge on any atom is 0.133 e. The van der Waals surface area contributed by atoms with Gasteiger partial charge >= 0.3 is 0 Å². The van der Waals surface area contributed by atoms with Crippen molar-refractivity contribution in [1.82, 2.24) is 0 Å². The van der Waals surface area contributed by atoms with Gasteiger partial charge in [0.05, 0.1) is 11.7 Å². The number of fused-ring (bicyclic) bond motifs is 1. The molecule has 0 aliphatic heterocycles. The SMILES string of the molecule is CC(C)=O.CCCCCC(C)(O)C(O)C1C2CC(=O)CC21. The van der Waals surface area contributed by atoms with Crippen LogP contribution in [0.15, 0.2) is 0 Å². The van der Waals surface area contributed by atoms with Gasteiger partial charge in [-0.05, 0) is 44.9 Å². The van der Waals surface area contributed by atoms with Crippen molar-refractivity contribution in [1.29, 1.82) is 0 Å². The average molecular weight is 298 g/mol. The molecule has 0 heterocycles. The Hall–Kier alpha value is -0.740. The van der Waals surface area contributed by atoms with Crippen LogP contribution in [0.25, 0.3) is 0 Å². The lowest BCUT2D eigenvalue weighted by atomic mass is 9.87. The lowest BCUT2D eigenvalue weighted by Gasteiger charge is -2.30. The van der Waals surface area contributed by atoms with Gasteiger partial charge in [0.1, 0.15) is 11.6 Å². The summed E-state index contributed by atoms with van der Waals surface area (Å²) in [5.41, 5.74) is -0.979. The highest BCUT2D eigenvalue weighted by Gasteiger charge is 2.61. The Balaban J connectivity index is 0.000000491. The average Bonchev–Trinajstić information content (AvgIpc) is 2.85. The van der Waals surface area contributed by atoms with Crippen LogP contribution < -0.4 is 0 Å². The smallest absolute Gasteiger partial charge is 0.133 e. The van der Waals surface area contributed by atoms with Crippen LogP contribution in [0.2, 0.25) is 0 Å². The number of ketones is 2. The van der Waals surface area contributed by atoms with Crippen LogP contribution in [-0.4, -0.2) is 33.5 Å². The molecule has 4 heteroatoms. The van der Waals surface area contributed by atoms with Crippen molar-refractivity contribution in [2.45, 2.75) is 77.9 Å². The highest BCUT2D eigenvalue weighted by Crippen LogP contribution is 2.59. The molecule has 0 aromatic carbocycles. The Labute approximate surface area is 127 Å². The fourth-order valence-corrected chi connectivity index (χ4v) is 3.42. The van der Waals surface area contributed by atoms with Crippen LogP contribution in [0.3, 0.4) is 0 Å². The van der Waals surface area contributed by atoms with Crippen LogP contribution in [-0.2, 0) is 9.59 Å². The maximum atomic E-state index is 11.2. The van der Waals surface area contributed by atoms with Gasteiger partial charge in [-0.3, -0.25) is 4.79 Å². The largest absolute Gasteiger partial charge is 0.390 e. The number of Topliss-reactive ketones (excluding diaryl/α,β-unsaturated/α-hetero) is 2.